The highest BCUT2D eigenvalue weighted by Gasteiger charge is 2.36. The number of ether oxygens (including phenoxy) is 1. The Morgan fingerprint density at radius 1 is 1.36 bits per heavy atom. The number of hydrogen-bond acceptors (Lipinski definition) is 5. The summed E-state index contributed by atoms with van der Waals surface area (Å²) in [7, 11) is 0. The smallest absolute Gasteiger partial charge is 0.262 e. The Hall–Kier alpha value is -1.31. The first-order valence-electron chi connectivity index (χ1n) is 8.39. The van der Waals surface area contributed by atoms with Gasteiger partial charge in [-0.2, -0.15) is 5.10 Å². The number of benzene rings is 1. The first kappa shape index (κ1) is 18.5. The average molecular weight is 430 g/mol. The van der Waals surface area contributed by atoms with E-state index in [1.54, 1.807) is 0 Å². The lowest BCUT2D eigenvalue weighted by Gasteiger charge is -2.39. The molecule has 0 saturated carbocycles. The molecule has 1 amide bonds. The van der Waals surface area contributed by atoms with Crippen LogP contribution in [0, 0.1) is 5.92 Å². The molecule has 3 aliphatic rings. The summed E-state index contributed by atoms with van der Waals surface area (Å²) in [6.07, 6.45) is 1.11. The fourth-order valence-electron chi connectivity index (χ4n) is 3.82. The first-order chi connectivity index (χ1) is 11.6. The summed E-state index contributed by atoms with van der Waals surface area (Å²) in [4.78, 5) is 14.0. The van der Waals surface area contributed by atoms with Gasteiger partial charge in [0.2, 0.25) is 0 Å². The molecule has 0 aliphatic carbocycles. The van der Waals surface area contributed by atoms with Crippen LogP contribution in [0.3, 0.4) is 0 Å². The fraction of sp³-hybridized carbons (Fsp3) is 0.529. The lowest BCUT2D eigenvalue weighted by Crippen LogP contribution is -2.55. The maximum absolute atomic E-state index is 12.0. The molecule has 0 radical (unpaired) electrons. The predicted molar refractivity (Wildman–Crippen MR) is 104 cm³/mol. The zero-order valence-electron chi connectivity index (χ0n) is 14.2. The Balaban J connectivity index is 0.00000182. The maximum Gasteiger partial charge on any atom is 0.262 e. The topological polar surface area (TPSA) is 66.0 Å². The van der Waals surface area contributed by atoms with Gasteiger partial charge in [0.05, 0.1) is 5.69 Å². The number of nitrogens with one attached hydrogen (secondary N) is 2. The number of anilines is 1. The molecule has 6 nitrogen and oxygen atoms in total. The van der Waals surface area contributed by atoms with Crippen LogP contribution >= 0.6 is 28.3 Å². The van der Waals surface area contributed by atoms with Crippen molar-refractivity contribution in [2.75, 3.05) is 24.6 Å². The number of amidine groups is 1. The van der Waals surface area contributed by atoms with E-state index in [1.165, 1.54) is 5.56 Å². The molecule has 1 aromatic rings. The number of carbonyl (C=O) groups excluding carboxylic acids is 1. The highest BCUT2D eigenvalue weighted by molar-refractivity contribution is 9.10. The van der Waals surface area contributed by atoms with Crippen molar-refractivity contribution in [1.29, 1.82) is 0 Å². The molecule has 2 N–H and O–H groups in total. The van der Waals surface area contributed by atoms with Crippen LogP contribution < -0.4 is 20.4 Å². The van der Waals surface area contributed by atoms with E-state index in [1.807, 2.05) is 17.9 Å². The summed E-state index contributed by atoms with van der Waals surface area (Å²) in [5.74, 6) is 2.51. The lowest BCUT2D eigenvalue weighted by atomic mass is 9.82. The number of hydrazone groups is 1. The van der Waals surface area contributed by atoms with Gasteiger partial charge >= 0.3 is 0 Å². The van der Waals surface area contributed by atoms with Crippen LogP contribution in [0.5, 0.6) is 5.75 Å². The SMILES string of the molecule is CC1CNCCC1c1cc2c(cc1Br)OCC1=NNC(=O)[C@@H](C)N12.Cl. The average Bonchev–Trinajstić information content (AvgIpc) is 2.58. The van der Waals surface area contributed by atoms with Gasteiger partial charge in [0, 0.05) is 4.47 Å². The molecule has 1 fully saturated rings. The number of piperidine rings is 1. The van der Waals surface area contributed by atoms with E-state index in [9.17, 15) is 4.79 Å². The molecular weight excluding hydrogens is 408 g/mol. The largest absolute Gasteiger partial charge is 0.483 e. The highest BCUT2D eigenvalue weighted by Crippen LogP contribution is 2.43. The van der Waals surface area contributed by atoms with Gasteiger partial charge in [-0.05, 0) is 56.0 Å². The van der Waals surface area contributed by atoms with Gasteiger partial charge in [-0.3, -0.25) is 4.79 Å². The van der Waals surface area contributed by atoms with Crippen LogP contribution in [0.4, 0.5) is 5.69 Å². The Morgan fingerprint density at radius 2 is 2.16 bits per heavy atom. The second-order valence-corrected chi connectivity index (χ2v) is 7.61. The van der Waals surface area contributed by atoms with Gasteiger partial charge in [0.1, 0.15) is 18.4 Å². The number of rotatable bonds is 1. The standard InChI is InChI=1S/C17H21BrN4O2.ClH/c1-9-7-19-4-3-11(9)12-5-14-15(6-13(12)18)24-8-16-20-21-17(23)10(2)22(14)16;/h5-6,9-11,19H,3-4,7-8H2,1-2H3,(H,21,23);1H/t9?,10-,11?;/m1./s1. The summed E-state index contributed by atoms with van der Waals surface area (Å²) in [6.45, 7) is 6.61. The molecule has 0 aromatic heterocycles. The Labute approximate surface area is 161 Å². The first-order valence-corrected chi connectivity index (χ1v) is 9.18. The third-order valence-corrected chi connectivity index (χ3v) is 5.91. The zero-order valence-corrected chi connectivity index (χ0v) is 16.6. The zero-order chi connectivity index (χ0) is 16.8. The molecule has 1 aromatic carbocycles. The van der Waals surface area contributed by atoms with Gasteiger partial charge in [0.15, 0.2) is 5.84 Å². The second kappa shape index (κ2) is 7.13. The van der Waals surface area contributed by atoms with Crippen LogP contribution in [0.15, 0.2) is 21.7 Å². The van der Waals surface area contributed by atoms with Gasteiger partial charge in [-0.15, -0.1) is 12.4 Å². The highest BCUT2D eigenvalue weighted by atomic mass is 79.9. The van der Waals surface area contributed by atoms with Crippen LogP contribution in [-0.2, 0) is 4.79 Å². The van der Waals surface area contributed by atoms with Crippen molar-refractivity contribution in [2.45, 2.75) is 32.2 Å². The molecule has 136 valence electrons. The number of halogens is 2. The normalized spacial score (nSPS) is 28.0. The molecule has 4 rings (SSSR count). The monoisotopic (exact) mass is 428 g/mol. The molecule has 3 aliphatic heterocycles. The molecule has 1 saturated heterocycles. The van der Waals surface area contributed by atoms with Gasteiger partial charge < -0.3 is 15.0 Å². The summed E-state index contributed by atoms with van der Waals surface area (Å²) >= 11 is 3.72. The minimum Gasteiger partial charge on any atom is -0.483 e. The van der Waals surface area contributed by atoms with E-state index in [0.717, 1.165) is 41.3 Å². The summed E-state index contributed by atoms with van der Waals surface area (Å²) in [6, 6.07) is 3.92. The van der Waals surface area contributed by atoms with E-state index in [0.29, 0.717) is 18.4 Å². The number of hydrogen-bond donors (Lipinski definition) is 2. The number of fused-ring (bicyclic) bond motifs is 3. The molecule has 25 heavy (non-hydrogen) atoms. The van der Waals surface area contributed by atoms with Gasteiger partial charge in [0.25, 0.3) is 5.91 Å². The minimum atomic E-state index is -0.292. The predicted octanol–water partition coefficient (Wildman–Crippen LogP) is 2.61. The third kappa shape index (κ3) is 3.13. The summed E-state index contributed by atoms with van der Waals surface area (Å²) < 4.78 is 6.94. The fourth-order valence-corrected chi connectivity index (χ4v) is 4.44. The number of amides is 1. The Kier molecular flexibility index (Phi) is 5.27. The van der Waals surface area contributed by atoms with Crippen molar-refractivity contribution in [2.24, 2.45) is 11.0 Å². The van der Waals surface area contributed by atoms with E-state index in [2.05, 4.69) is 44.8 Å². The molecule has 8 heteroatoms. The van der Waals surface area contributed by atoms with Crippen molar-refractivity contribution in [3.05, 3.63) is 22.2 Å². The Morgan fingerprint density at radius 3 is 2.92 bits per heavy atom. The quantitative estimate of drug-likeness (QED) is 0.720. The van der Waals surface area contributed by atoms with Crippen molar-refractivity contribution >= 4 is 45.8 Å². The second-order valence-electron chi connectivity index (χ2n) is 6.76. The van der Waals surface area contributed by atoms with Crippen LogP contribution in [-0.4, -0.2) is 37.5 Å². The molecule has 0 bridgehead atoms. The van der Waals surface area contributed by atoms with Crippen LogP contribution in [0.25, 0.3) is 0 Å². The number of carbonyl (C=O) groups is 1. The van der Waals surface area contributed by atoms with E-state index in [-0.39, 0.29) is 24.4 Å². The Bertz CT molecular complexity index is 727. The molecule has 3 atom stereocenters. The van der Waals surface area contributed by atoms with E-state index >= 15 is 0 Å². The third-order valence-electron chi connectivity index (χ3n) is 5.22. The summed E-state index contributed by atoms with van der Waals surface area (Å²) in [5, 5.41) is 7.61. The van der Waals surface area contributed by atoms with Gasteiger partial charge in [-0.25, -0.2) is 5.43 Å². The molecule has 0 spiro atoms. The van der Waals surface area contributed by atoms with Crippen molar-refractivity contribution in [1.82, 2.24) is 10.7 Å². The van der Waals surface area contributed by atoms with Crippen molar-refractivity contribution < 1.29 is 9.53 Å². The van der Waals surface area contributed by atoms with Crippen LogP contribution in [0.2, 0.25) is 0 Å². The molecule has 3 heterocycles. The number of nitrogens with zero attached hydrogens (tertiary/aromatic N) is 2. The van der Waals surface area contributed by atoms with E-state index in [4.69, 9.17) is 4.74 Å². The van der Waals surface area contributed by atoms with Crippen molar-refractivity contribution in [3.8, 4) is 5.75 Å². The molecular formula is C17H22BrClN4O2. The maximum atomic E-state index is 12.0. The van der Waals surface area contributed by atoms with Crippen molar-refractivity contribution in [3.63, 3.8) is 0 Å². The minimum absolute atomic E-state index is 0. The molecule has 2 unspecified atom stereocenters. The van der Waals surface area contributed by atoms with E-state index < -0.39 is 0 Å². The summed E-state index contributed by atoms with van der Waals surface area (Å²) in [5.41, 5.74) is 4.79. The van der Waals surface area contributed by atoms with Crippen LogP contribution in [0.1, 0.15) is 31.7 Å². The van der Waals surface area contributed by atoms with Gasteiger partial charge in [-0.1, -0.05) is 22.9 Å². The lowest BCUT2D eigenvalue weighted by molar-refractivity contribution is -0.122.